The van der Waals surface area contributed by atoms with Gasteiger partial charge in [0.25, 0.3) is 0 Å². The summed E-state index contributed by atoms with van der Waals surface area (Å²) in [5.41, 5.74) is 0.971. The Bertz CT molecular complexity index is 903. The predicted octanol–water partition coefficient (Wildman–Crippen LogP) is 3.64. The topological polar surface area (TPSA) is 95.1 Å². The average Bonchev–Trinajstić information content (AvgIpc) is 3.14. The number of hydrogen-bond acceptors (Lipinski definition) is 5. The summed E-state index contributed by atoms with van der Waals surface area (Å²) < 4.78 is 5.35. The molecule has 2 heterocycles. The van der Waals surface area contributed by atoms with Crippen LogP contribution in [0.5, 0.6) is 0 Å². The molecule has 0 radical (unpaired) electrons. The Morgan fingerprint density at radius 3 is 2.96 bits per heavy atom. The lowest BCUT2D eigenvalue weighted by Gasteiger charge is -2.23. The van der Waals surface area contributed by atoms with E-state index in [1.807, 2.05) is 0 Å². The van der Waals surface area contributed by atoms with Crippen LogP contribution in [0, 0.1) is 11.3 Å². The summed E-state index contributed by atoms with van der Waals surface area (Å²) in [6, 6.07) is 12.4. The molecule has 132 valence electrons. The molecule has 26 heavy (non-hydrogen) atoms. The molecule has 1 atom stereocenters. The second-order valence-electron chi connectivity index (χ2n) is 5.52. The molecule has 0 saturated heterocycles. The number of carbonyl (C=O) groups is 2. The van der Waals surface area contributed by atoms with Crippen LogP contribution in [-0.2, 0) is 9.59 Å². The molecule has 3 rings (SSSR count). The van der Waals surface area contributed by atoms with Crippen molar-refractivity contribution in [2.75, 3.05) is 11.1 Å². The predicted molar refractivity (Wildman–Crippen MR) is 99.4 cm³/mol. The van der Waals surface area contributed by atoms with E-state index in [2.05, 4.69) is 16.7 Å². The molecule has 0 saturated carbocycles. The summed E-state index contributed by atoms with van der Waals surface area (Å²) >= 11 is 6.99. The Kier molecular flexibility index (Phi) is 5.66. The van der Waals surface area contributed by atoms with Crippen LogP contribution in [0.15, 0.2) is 57.7 Å². The Labute approximate surface area is 159 Å². The van der Waals surface area contributed by atoms with E-state index >= 15 is 0 Å². The second kappa shape index (κ2) is 8.13. The van der Waals surface area contributed by atoms with Crippen LogP contribution in [0.1, 0.15) is 18.1 Å². The zero-order chi connectivity index (χ0) is 18.5. The first-order valence-corrected chi connectivity index (χ1v) is 9.09. The fraction of sp³-hybridized carbons (Fsp3) is 0.167. The van der Waals surface area contributed by atoms with Crippen molar-refractivity contribution in [2.45, 2.75) is 12.3 Å². The van der Waals surface area contributed by atoms with Crippen molar-refractivity contribution in [1.82, 2.24) is 5.32 Å². The fourth-order valence-electron chi connectivity index (χ4n) is 2.57. The van der Waals surface area contributed by atoms with E-state index in [0.29, 0.717) is 27.1 Å². The van der Waals surface area contributed by atoms with Crippen molar-refractivity contribution in [2.24, 2.45) is 0 Å². The van der Waals surface area contributed by atoms with Crippen molar-refractivity contribution in [3.8, 4) is 6.07 Å². The molecule has 1 aliphatic heterocycles. The van der Waals surface area contributed by atoms with Crippen LogP contribution in [0.2, 0.25) is 5.02 Å². The maximum absolute atomic E-state index is 12.1. The molecule has 0 fully saturated rings. The van der Waals surface area contributed by atoms with Gasteiger partial charge in [-0.2, -0.15) is 5.26 Å². The van der Waals surface area contributed by atoms with E-state index in [4.69, 9.17) is 16.0 Å². The highest BCUT2D eigenvalue weighted by molar-refractivity contribution is 8.03. The molecular formula is C18H14ClN3O3S. The normalized spacial score (nSPS) is 16.8. The van der Waals surface area contributed by atoms with Gasteiger partial charge in [-0.15, -0.1) is 0 Å². The molecule has 8 heteroatoms. The monoisotopic (exact) mass is 387 g/mol. The van der Waals surface area contributed by atoms with Gasteiger partial charge in [-0.05, 0) is 30.3 Å². The van der Waals surface area contributed by atoms with E-state index in [1.54, 1.807) is 36.4 Å². The molecule has 1 aromatic heterocycles. The highest BCUT2D eigenvalue weighted by atomic mass is 35.5. The van der Waals surface area contributed by atoms with Crippen LogP contribution in [-0.4, -0.2) is 17.6 Å². The summed E-state index contributed by atoms with van der Waals surface area (Å²) in [7, 11) is 0. The van der Waals surface area contributed by atoms with Gasteiger partial charge in [-0.3, -0.25) is 9.59 Å². The molecular weight excluding hydrogens is 374 g/mol. The third-order valence-corrected chi connectivity index (χ3v) is 4.95. The van der Waals surface area contributed by atoms with Gasteiger partial charge in [-0.25, -0.2) is 0 Å². The SMILES string of the molecule is N#CC1=C(SCC(=O)Nc2cccc(Cl)c2)NC(=O)C[C@H]1c1ccco1. The first kappa shape index (κ1) is 18.1. The van der Waals surface area contributed by atoms with Crippen molar-refractivity contribution < 1.29 is 14.0 Å². The molecule has 0 aliphatic carbocycles. The minimum absolute atomic E-state index is 0.0399. The lowest BCUT2D eigenvalue weighted by atomic mass is 9.92. The number of benzene rings is 1. The number of furan rings is 1. The van der Waals surface area contributed by atoms with Gasteiger partial charge in [0.1, 0.15) is 5.76 Å². The minimum atomic E-state index is -0.442. The fourth-order valence-corrected chi connectivity index (χ4v) is 3.63. The summed E-state index contributed by atoms with van der Waals surface area (Å²) in [5.74, 6) is -0.335. The van der Waals surface area contributed by atoms with Crippen molar-refractivity contribution >= 4 is 40.9 Å². The Morgan fingerprint density at radius 1 is 1.42 bits per heavy atom. The highest BCUT2D eigenvalue weighted by Gasteiger charge is 2.31. The van der Waals surface area contributed by atoms with Crippen LogP contribution >= 0.6 is 23.4 Å². The number of rotatable bonds is 5. The number of thioether (sulfide) groups is 1. The number of nitrogens with one attached hydrogen (secondary N) is 2. The lowest BCUT2D eigenvalue weighted by Crippen LogP contribution is -2.31. The molecule has 1 aliphatic rings. The van der Waals surface area contributed by atoms with Crippen molar-refractivity contribution in [3.63, 3.8) is 0 Å². The number of nitrogens with zero attached hydrogens (tertiary/aromatic N) is 1. The van der Waals surface area contributed by atoms with Gasteiger partial charge >= 0.3 is 0 Å². The average molecular weight is 388 g/mol. The van der Waals surface area contributed by atoms with Crippen LogP contribution in [0.3, 0.4) is 0 Å². The molecule has 6 nitrogen and oxygen atoms in total. The molecule has 0 spiro atoms. The number of allylic oxidation sites excluding steroid dienone is 1. The van der Waals surface area contributed by atoms with Gasteiger partial charge in [0.2, 0.25) is 11.8 Å². The third kappa shape index (κ3) is 4.28. The number of nitriles is 1. The Hall–Kier alpha value is -2.69. The summed E-state index contributed by atoms with van der Waals surface area (Å²) in [5, 5.41) is 15.8. The third-order valence-electron chi connectivity index (χ3n) is 3.70. The Balaban J connectivity index is 1.71. The van der Waals surface area contributed by atoms with E-state index in [0.717, 1.165) is 11.8 Å². The summed E-state index contributed by atoms with van der Waals surface area (Å²) in [6.07, 6.45) is 1.64. The molecule has 2 N–H and O–H groups in total. The van der Waals surface area contributed by atoms with Crippen LogP contribution in [0.25, 0.3) is 0 Å². The number of hydrogen-bond donors (Lipinski definition) is 2. The van der Waals surface area contributed by atoms with E-state index in [1.165, 1.54) is 6.26 Å². The van der Waals surface area contributed by atoms with Gasteiger partial charge < -0.3 is 15.1 Å². The smallest absolute Gasteiger partial charge is 0.234 e. The number of amides is 2. The first-order valence-electron chi connectivity index (χ1n) is 7.72. The van der Waals surface area contributed by atoms with Gasteiger partial charge in [0, 0.05) is 17.1 Å². The zero-order valence-corrected chi connectivity index (χ0v) is 15.1. The van der Waals surface area contributed by atoms with E-state index < -0.39 is 5.92 Å². The van der Waals surface area contributed by atoms with Crippen molar-refractivity contribution in [3.05, 3.63) is 64.0 Å². The first-order chi connectivity index (χ1) is 12.6. The second-order valence-corrected chi connectivity index (χ2v) is 6.94. The summed E-state index contributed by atoms with van der Waals surface area (Å²) in [4.78, 5) is 24.1. The van der Waals surface area contributed by atoms with Gasteiger partial charge in [0.05, 0.1) is 34.6 Å². The number of halogens is 1. The van der Waals surface area contributed by atoms with Crippen LogP contribution < -0.4 is 10.6 Å². The largest absolute Gasteiger partial charge is 0.469 e. The molecule has 0 unspecified atom stereocenters. The quantitative estimate of drug-likeness (QED) is 0.816. The minimum Gasteiger partial charge on any atom is -0.469 e. The molecule has 2 amide bonds. The maximum atomic E-state index is 12.1. The molecule has 0 bridgehead atoms. The number of carbonyl (C=O) groups excluding carboxylic acids is 2. The van der Waals surface area contributed by atoms with Gasteiger partial charge in [0.15, 0.2) is 0 Å². The maximum Gasteiger partial charge on any atom is 0.234 e. The van der Waals surface area contributed by atoms with E-state index in [9.17, 15) is 14.9 Å². The summed E-state index contributed by atoms with van der Waals surface area (Å²) in [6.45, 7) is 0. The van der Waals surface area contributed by atoms with Crippen LogP contribution in [0.4, 0.5) is 5.69 Å². The zero-order valence-electron chi connectivity index (χ0n) is 13.5. The standard InChI is InChI=1S/C18H14ClN3O3S/c19-11-3-1-4-12(7-11)21-17(24)10-26-18-14(9-20)13(8-16(23)22-18)15-5-2-6-25-15/h1-7,13H,8,10H2,(H,21,24)(H,22,23)/t13-/m1/s1. The van der Waals surface area contributed by atoms with Crippen molar-refractivity contribution in [1.29, 1.82) is 5.26 Å². The van der Waals surface area contributed by atoms with Gasteiger partial charge in [-0.1, -0.05) is 29.4 Å². The number of anilines is 1. The highest BCUT2D eigenvalue weighted by Crippen LogP contribution is 2.36. The Morgan fingerprint density at radius 2 is 2.27 bits per heavy atom. The molecule has 1 aromatic carbocycles. The van der Waals surface area contributed by atoms with E-state index in [-0.39, 0.29) is 24.0 Å². The lowest BCUT2D eigenvalue weighted by molar-refractivity contribution is -0.121. The molecule has 2 aromatic rings.